The Morgan fingerprint density at radius 2 is 2.18 bits per heavy atom. The number of amidine groups is 1. The lowest BCUT2D eigenvalue weighted by atomic mass is 9.94. The number of hydrogen-bond donors (Lipinski definition) is 3. The summed E-state index contributed by atoms with van der Waals surface area (Å²) in [5.74, 6) is -0.0303. The van der Waals surface area contributed by atoms with Crippen molar-refractivity contribution in [2.75, 3.05) is 13.2 Å². The number of nitrogens with one attached hydrogen (secondary N) is 1. The highest BCUT2D eigenvalue weighted by molar-refractivity contribution is 5.94. The molecule has 96 valence electrons. The first-order chi connectivity index (χ1) is 8.18. The molecule has 2 fully saturated rings. The van der Waals surface area contributed by atoms with E-state index in [1.54, 1.807) is 0 Å². The number of carbonyl (C=O) groups is 1. The molecule has 4 N–H and O–H groups in total. The summed E-state index contributed by atoms with van der Waals surface area (Å²) in [4.78, 5) is 12.0. The van der Waals surface area contributed by atoms with E-state index in [1.165, 1.54) is 0 Å². The molecule has 0 radical (unpaired) electrons. The lowest BCUT2D eigenvalue weighted by Crippen LogP contribution is -2.57. The monoisotopic (exact) mass is 241 g/mol. The number of ether oxygens (including phenoxy) is 1. The minimum atomic E-state index is -0.644. The van der Waals surface area contributed by atoms with Gasteiger partial charge in [-0.2, -0.15) is 0 Å². The molecule has 1 aliphatic carbocycles. The lowest BCUT2D eigenvalue weighted by molar-refractivity contribution is -0.126. The summed E-state index contributed by atoms with van der Waals surface area (Å²) in [5.41, 5.74) is 5.07. The van der Waals surface area contributed by atoms with E-state index < -0.39 is 5.54 Å². The Balaban J connectivity index is 2.05. The van der Waals surface area contributed by atoms with Gasteiger partial charge in [-0.3, -0.25) is 4.79 Å². The number of oxime groups is 1. The van der Waals surface area contributed by atoms with Crippen molar-refractivity contribution in [3.05, 3.63) is 0 Å². The second kappa shape index (κ2) is 4.91. The first-order valence-electron chi connectivity index (χ1n) is 6.06. The second-order valence-electron chi connectivity index (χ2n) is 4.82. The van der Waals surface area contributed by atoms with Crippen LogP contribution in [-0.2, 0) is 9.53 Å². The van der Waals surface area contributed by atoms with Crippen LogP contribution >= 0.6 is 0 Å². The Kier molecular flexibility index (Phi) is 3.51. The fraction of sp³-hybridized carbons (Fsp3) is 0.818. The summed E-state index contributed by atoms with van der Waals surface area (Å²) in [6.45, 7) is 1.10. The summed E-state index contributed by atoms with van der Waals surface area (Å²) in [5, 5.41) is 14.8. The summed E-state index contributed by atoms with van der Waals surface area (Å²) in [6, 6.07) is 0. The minimum Gasteiger partial charge on any atom is -0.409 e. The maximum absolute atomic E-state index is 12.0. The topological polar surface area (TPSA) is 96.9 Å². The third kappa shape index (κ3) is 2.36. The molecule has 0 aromatic rings. The molecular weight excluding hydrogens is 222 g/mol. The van der Waals surface area contributed by atoms with Crippen LogP contribution in [0.5, 0.6) is 0 Å². The number of hydrogen-bond acceptors (Lipinski definition) is 4. The first kappa shape index (κ1) is 12.2. The maximum Gasteiger partial charge on any atom is 0.226 e. The van der Waals surface area contributed by atoms with Gasteiger partial charge in [-0.1, -0.05) is 18.0 Å². The van der Waals surface area contributed by atoms with Gasteiger partial charge in [0.15, 0.2) is 5.84 Å². The Hall–Kier alpha value is -1.30. The Morgan fingerprint density at radius 1 is 1.47 bits per heavy atom. The van der Waals surface area contributed by atoms with Crippen LogP contribution < -0.4 is 11.1 Å². The summed E-state index contributed by atoms with van der Waals surface area (Å²) < 4.78 is 5.19. The molecule has 0 bridgehead atoms. The van der Waals surface area contributed by atoms with Gasteiger partial charge in [0.2, 0.25) is 5.91 Å². The van der Waals surface area contributed by atoms with Gasteiger partial charge in [0.25, 0.3) is 0 Å². The third-order valence-corrected chi connectivity index (χ3v) is 3.72. The molecule has 1 unspecified atom stereocenters. The van der Waals surface area contributed by atoms with E-state index in [2.05, 4.69) is 10.5 Å². The molecule has 0 aromatic heterocycles. The zero-order valence-electron chi connectivity index (χ0n) is 9.82. The Morgan fingerprint density at radius 3 is 2.71 bits per heavy atom. The third-order valence-electron chi connectivity index (χ3n) is 3.72. The van der Waals surface area contributed by atoms with Crippen molar-refractivity contribution in [1.29, 1.82) is 0 Å². The van der Waals surface area contributed by atoms with Gasteiger partial charge in [-0.25, -0.2) is 0 Å². The standard InChI is InChI=1S/C11H19N3O3/c12-10(14-16)11(4-1-2-5-11)13-9(15)8-3-6-17-7-8/h8,16H,1-7H2,(H2,12,14)(H,13,15). The van der Waals surface area contributed by atoms with Crippen LogP contribution in [0.25, 0.3) is 0 Å². The smallest absolute Gasteiger partial charge is 0.226 e. The van der Waals surface area contributed by atoms with Crippen LogP contribution in [0.4, 0.5) is 0 Å². The zero-order valence-corrected chi connectivity index (χ0v) is 9.82. The van der Waals surface area contributed by atoms with Crippen molar-refractivity contribution in [1.82, 2.24) is 5.32 Å². The van der Waals surface area contributed by atoms with Crippen LogP contribution in [0.2, 0.25) is 0 Å². The molecule has 1 atom stereocenters. The van der Waals surface area contributed by atoms with E-state index in [9.17, 15) is 4.79 Å². The van der Waals surface area contributed by atoms with E-state index >= 15 is 0 Å². The SMILES string of the molecule is NC(=NO)C1(NC(=O)C2CCOC2)CCCC1. The quantitative estimate of drug-likeness (QED) is 0.284. The number of nitrogens with two attached hydrogens (primary N) is 1. The Bertz CT molecular complexity index is 318. The highest BCUT2D eigenvalue weighted by Crippen LogP contribution is 2.30. The molecule has 2 rings (SSSR count). The molecule has 1 saturated carbocycles. The largest absolute Gasteiger partial charge is 0.409 e. The second-order valence-corrected chi connectivity index (χ2v) is 4.82. The van der Waals surface area contributed by atoms with Crippen molar-refractivity contribution in [2.45, 2.75) is 37.6 Å². The van der Waals surface area contributed by atoms with E-state index in [4.69, 9.17) is 15.7 Å². The molecule has 1 heterocycles. The predicted octanol–water partition coefficient (Wildman–Crippen LogP) is 0.198. The molecule has 1 aliphatic heterocycles. The van der Waals surface area contributed by atoms with E-state index in [1.807, 2.05) is 0 Å². The van der Waals surface area contributed by atoms with Crippen LogP contribution in [0.15, 0.2) is 5.16 Å². The highest BCUT2D eigenvalue weighted by atomic mass is 16.5. The predicted molar refractivity (Wildman–Crippen MR) is 61.7 cm³/mol. The van der Waals surface area contributed by atoms with Crippen LogP contribution in [-0.4, -0.2) is 35.7 Å². The minimum absolute atomic E-state index is 0.0454. The van der Waals surface area contributed by atoms with Gasteiger partial charge in [-0.05, 0) is 19.3 Å². The molecule has 6 nitrogen and oxygen atoms in total. The van der Waals surface area contributed by atoms with Crippen LogP contribution in [0.3, 0.4) is 0 Å². The average Bonchev–Trinajstić information content (AvgIpc) is 2.99. The zero-order chi connectivity index (χ0) is 12.3. The molecule has 1 saturated heterocycles. The van der Waals surface area contributed by atoms with Crippen molar-refractivity contribution < 1.29 is 14.7 Å². The van der Waals surface area contributed by atoms with E-state index in [0.29, 0.717) is 13.2 Å². The van der Waals surface area contributed by atoms with Gasteiger partial charge in [0.05, 0.1) is 12.5 Å². The molecule has 6 heteroatoms. The van der Waals surface area contributed by atoms with Gasteiger partial charge >= 0.3 is 0 Å². The summed E-state index contributed by atoms with van der Waals surface area (Å²) in [7, 11) is 0. The molecule has 1 amide bonds. The number of amides is 1. The van der Waals surface area contributed by atoms with E-state index in [0.717, 1.165) is 32.1 Å². The van der Waals surface area contributed by atoms with Gasteiger partial charge in [0.1, 0.15) is 5.54 Å². The van der Waals surface area contributed by atoms with E-state index in [-0.39, 0.29) is 17.7 Å². The maximum atomic E-state index is 12.0. The summed E-state index contributed by atoms with van der Waals surface area (Å²) >= 11 is 0. The number of nitrogens with zero attached hydrogens (tertiary/aromatic N) is 1. The molecule has 0 aromatic carbocycles. The van der Waals surface area contributed by atoms with Crippen LogP contribution in [0, 0.1) is 5.92 Å². The van der Waals surface area contributed by atoms with Crippen LogP contribution in [0.1, 0.15) is 32.1 Å². The van der Waals surface area contributed by atoms with Crippen molar-refractivity contribution >= 4 is 11.7 Å². The lowest BCUT2D eigenvalue weighted by Gasteiger charge is -2.29. The molecule has 0 spiro atoms. The van der Waals surface area contributed by atoms with Gasteiger partial charge in [0, 0.05) is 6.61 Å². The molecule has 17 heavy (non-hydrogen) atoms. The van der Waals surface area contributed by atoms with Crippen molar-refractivity contribution in [2.24, 2.45) is 16.8 Å². The molecule has 2 aliphatic rings. The fourth-order valence-corrected chi connectivity index (χ4v) is 2.60. The normalized spacial score (nSPS) is 28.2. The van der Waals surface area contributed by atoms with Crippen molar-refractivity contribution in [3.8, 4) is 0 Å². The fourth-order valence-electron chi connectivity index (χ4n) is 2.60. The summed E-state index contributed by atoms with van der Waals surface area (Å²) in [6.07, 6.45) is 4.19. The average molecular weight is 241 g/mol. The van der Waals surface area contributed by atoms with Crippen molar-refractivity contribution in [3.63, 3.8) is 0 Å². The number of rotatable bonds is 3. The molecular formula is C11H19N3O3. The Labute approximate surface area is 100 Å². The van der Waals surface area contributed by atoms with Gasteiger partial charge in [-0.15, -0.1) is 0 Å². The number of carbonyl (C=O) groups excluding carboxylic acids is 1. The first-order valence-corrected chi connectivity index (χ1v) is 6.06. The highest BCUT2D eigenvalue weighted by Gasteiger charge is 2.41. The van der Waals surface area contributed by atoms with Gasteiger partial charge < -0.3 is 21.0 Å².